The van der Waals surface area contributed by atoms with Crippen LogP contribution < -0.4 is 0 Å². The third kappa shape index (κ3) is 3.64. The second-order valence-corrected chi connectivity index (χ2v) is 5.26. The van der Waals surface area contributed by atoms with E-state index in [1.54, 1.807) is 12.1 Å². The topological polar surface area (TPSA) is 20.2 Å². The predicted molar refractivity (Wildman–Crippen MR) is 92.7 cm³/mol. The van der Waals surface area contributed by atoms with Crippen LogP contribution in [-0.4, -0.2) is 5.11 Å². The number of hydrogen-bond donors (Lipinski definition) is 1. The van der Waals surface area contributed by atoms with E-state index in [0.717, 1.165) is 12.0 Å². The quantitative estimate of drug-likeness (QED) is 0.688. The molecule has 0 amide bonds. The molecule has 1 nitrogen and oxygen atoms in total. The van der Waals surface area contributed by atoms with Gasteiger partial charge in [0.25, 0.3) is 0 Å². The summed E-state index contributed by atoms with van der Waals surface area (Å²) in [6.07, 6.45) is 5.12. The average molecular weight is 286 g/mol. The SMILES string of the molecule is Oc1ccc(/C=C/Cc2ccc(-c3ccccc3)cc2)cc1. The van der Waals surface area contributed by atoms with Crippen molar-refractivity contribution in [2.75, 3.05) is 0 Å². The van der Waals surface area contributed by atoms with Crippen LogP contribution in [0.1, 0.15) is 11.1 Å². The first-order chi connectivity index (χ1) is 10.8. The molecule has 108 valence electrons. The molecule has 1 heteroatoms. The maximum atomic E-state index is 9.26. The summed E-state index contributed by atoms with van der Waals surface area (Å²) in [6, 6.07) is 26.3. The zero-order valence-electron chi connectivity index (χ0n) is 12.3. The van der Waals surface area contributed by atoms with E-state index in [4.69, 9.17) is 0 Å². The first-order valence-corrected chi connectivity index (χ1v) is 7.41. The molecule has 0 aromatic heterocycles. The summed E-state index contributed by atoms with van der Waals surface area (Å²) in [6.45, 7) is 0. The molecule has 22 heavy (non-hydrogen) atoms. The molecule has 1 N–H and O–H groups in total. The third-order valence-electron chi connectivity index (χ3n) is 3.62. The summed E-state index contributed by atoms with van der Waals surface area (Å²) >= 11 is 0. The van der Waals surface area contributed by atoms with E-state index in [1.807, 2.05) is 18.2 Å². The lowest BCUT2D eigenvalue weighted by Gasteiger charge is -2.03. The molecule has 0 unspecified atom stereocenters. The largest absolute Gasteiger partial charge is 0.508 e. The van der Waals surface area contributed by atoms with Gasteiger partial charge in [0.1, 0.15) is 5.75 Å². The Kier molecular flexibility index (Phi) is 4.35. The Morgan fingerprint density at radius 2 is 1.32 bits per heavy atom. The average Bonchev–Trinajstić information content (AvgIpc) is 2.58. The highest BCUT2D eigenvalue weighted by molar-refractivity contribution is 5.63. The number of rotatable bonds is 4. The summed E-state index contributed by atoms with van der Waals surface area (Å²) in [4.78, 5) is 0. The maximum absolute atomic E-state index is 9.26. The fraction of sp³-hybridized carbons (Fsp3) is 0.0476. The minimum Gasteiger partial charge on any atom is -0.508 e. The second kappa shape index (κ2) is 6.77. The number of benzene rings is 3. The van der Waals surface area contributed by atoms with Crippen molar-refractivity contribution in [1.82, 2.24) is 0 Å². The highest BCUT2D eigenvalue weighted by Gasteiger charge is 1.96. The fourth-order valence-corrected chi connectivity index (χ4v) is 2.38. The van der Waals surface area contributed by atoms with Crippen LogP contribution in [0.2, 0.25) is 0 Å². The van der Waals surface area contributed by atoms with Gasteiger partial charge in [-0.25, -0.2) is 0 Å². The highest BCUT2D eigenvalue weighted by atomic mass is 16.3. The van der Waals surface area contributed by atoms with Gasteiger partial charge in [-0.3, -0.25) is 0 Å². The van der Waals surface area contributed by atoms with E-state index in [0.29, 0.717) is 5.75 Å². The molecule has 0 saturated carbocycles. The van der Waals surface area contributed by atoms with Crippen molar-refractivity contribution in [2.24, 2.45) is 0 Å². The zero-order valence-corrected chi connectivity index (χ0v) is 12.3. The molecule has 0 aliphatic heterocycles. The Balaban J connectivity index is 1.65. The van der Waals surface area contributed by atoms with Crippen LogP contribution in [0.3, 0.4) is 0 Å². The summed E-state index contributed by atoms with van der Waals surface area (Å²) < 4.78 is 0. The molecule has 3 rings (SSSR count). The Morgan fingerprint density at radius 3 is 2.00 bits per heavy atom. The summed E-state index contributed by atoms with van der Waals surface area (Å²) in [5.74, 6) is 0.300. The normalized spacial score (nSPS) is 10.9. The van der Waals surface area contributed by atoms with Crippen LogP contribution in [0, 0.1) is 0 Å². The maximum Gasteiger partial charge on any atom is 0.115 e. The van der Waals surface area contributed by atoms with Gasteiger partial charge in [0.15, 0.2) is 0 Å². The Bertz CT molecular complexity index is 738. The smallest absolute Gasteiger partial charge is 0.115 e. The molecule has 0 aliphatic rings. The Labute approximate surface area is 131 Å². The lowest BCUT2D eigenvalue weighted by molar-refractivity contribution is 0.475. The van der Waals surface area contributed by atoms with Gasteiger partial charge in [0.2, 0.25) is 0 Å². The number of allylic oxidation sites excluding steroid dienone is 1. The lowest BCUT2D eigenvalue weighted by Crippen LogP contribution is -1.82. The van der Waals surface area contributed by atoms with Crippen molar-refractivity contribution in [1.29, 1.82) is 0 Å². The first-order valence-electron chi connectivity index (χ1n) is 7.41. The highest BCUT2D eigenvalue weighted by Crippen LogP contribution is 2.19. The molecule has 3 aromatic rings. The molecule has 3 aromatic carbocycles. The van der Waals surface area contributed by atoms with Crippen LogP contribution in [0.25, 0.3) is 17.2 Å². The lowest BCUT2D eigenvalue weighted by atomic mass is 10.0. The van der Waals surface area contributed by atoms with Gasteiger partial charge in [-0.1, -0.05) is 78.9 Å². The monoisotopic (exact) mass is 286 g/mol. The van der Waals surface area contributed by atoms with Gasteiger partial charge in [0.05, 0.1) is 0 Å². The molecule has 0 atom stereocenters. The minimum atomic E-state index is 0.300. The molecule has 0 aliphatic carbocycles. The van der Waals surface area contributed by atoms with Crippen molar-refractivity contribution in [3.63, 3.8) is 0 Å². The van der Waals surface area contributed by atoms with Gasteiger partial charge >= 0.3 is 0 Å². The molecular weight excluding hydrogens is 268 g/mol. The van der Waals surface area contributed by atoms with Crippen molar-refractivity contribution in [2.45, 2.75) is 6.42 Å². The van der Waals surface area contributed by atoms with E-state index >= 15 is 0 Å². The van der Waals surface area contributed by atoms with Crippen LogP contribution in [-0.2, 0) is 6.42 Å². The van der Waals surface area contributed by atoms with Crippen molar-refractivity contribution >= 4 is 6.08 Å². The number of hydrogen-bond acceptors (Lipinski definition) is 1. The van der Waals surface area contributed by atoms with Crippen molar-refractivity contribution < 1.29 is 5.11 Å². The molecule has 0 spiro atoms. The van der Waals surface area contributed by atoms with Gasteiger partial charge in [-0.05, 0) is 40.8 Å². The van der Waals surface area contributed by atoms with Crippen LogP contribution in [0.5, 0.6) is 5.75 Å². The fourth-order valence-electron chi connectivity index (χ4n) is 2.38. The van der Waals surface area contributed by atoms with E-state index < -0.39 is 0 Å². The molecule has 0 bridgehead atoms. The first kappa shape index (κ1) is 14.2. The molecule has 0 saturated heterocycles. The van der Waals surface area contributed by atoms with E-state index in [9.17, 15) is 5.11 Å². The summed E-state index contributed by atoms with van der Waals surface area (Å²) in [5, 5.41) is 9.26. The zero-order chi connectivity index (χ0) is 15.2. The van der Waals surface area contributed by atoms with Crippen LogP contribution in [0.4, 0.5) is 0 Å². The second-order valence-electron chi connectivity index (χ2n) is 5.26. The Morgan fingerprint density at radius 1 is 0.682 bits per heavy atom. The van der Waals surface area contributed by atoms with Crippen molar-refractivity contribution in [3.8, 4) is 16.9 Å². The van der Waals surface area contributed by atoms with E-state index in [-0.39, 0.29) is 0 Å². The van der Waals surface area contributed by atoms with E-state index in [2.05, 4.69) is 60.7 Å². The molecular formula is C21H18O. The van der Waals surface area contributed by atoms with Crippen molar-refractivity contribution in [3.05, 3.63) is 96.1 Å². The number of aromatic hydroxyl groups is 1. The summed E-state index contributed by atoms with van der Waals surface area (Å²) in [7, 11) is 0. The number of phenolic OH excluding ortho intramolecular Hbond substituents is 1. The molecule has 0 heterocycles. The van der Waals surface area contributed by atoms with Gasteiger partial charge in [-0.2, -0.15) is 0 Å². The molecule has 0 fully saturated rings. The van der Waals surface area contributed by atoms with Gasteiger partial charge in [-0.15, -0.1) is 0 Å². The number of phenols is 1. The third-order valence-corrected chi connectivity index (χ3v) is 3.62. The van der Waals surface area contributed by atoms with Gasteiger partial charge in [0, 0.05) is 0 Å². The minimum absolute atomic E-state index is 0.300. The predicted octanol–water partition coefficient (Wildman–Crippen LogP) is 5.32. The van der Waals surface area contributed by atoms with Gasteiger partial charge < -0.3 is 5.11 Å². The van der Waals surface area contributed by atoms with Crippen LogP contribution in [0.15, 0.2) is 84.9 Å². The van der Waals surface area contributed by atoms with E-state index in [1.165, 1.54) is 16.7 Å². The Hall–Kier alpha value is -2.80. The summed E-state index contributed by atoms with van der Waals surface area (Å²) in [5.41, 5.74) is 4.87. The standard InChI is InChI=1S/C21H18O/c22-21-15-11-18(12-16-21)6-4-5-17-9-13-20(14-10-17)19-7-2-1-3-8-19/h1-4,6-16,22H,5H2/b6-4+. The van der Waals surface area contributed by atoms with Crippen LogP contribution >= 0.6 is 0 Å². The molecule has 0 radical (unpaired) electrons.